The average molecular weight is 311 g/mol. The molecule has 0 saturated heterocycles. The Hall–Kier alpha value is -1.96. The molecule has 2 aromatic heterocycles. The Kier molecular flexibility index (Phi) is 3.56. The Morgan fingerprint density at radius 2 is 2.22 bits per heavy atom. The summed E-state index contributed by atoms with van der Waals surface area (Å²) in [7, 11) is 3.28. The molecule has 94 valence electrons. The summed E-state index contributed by atoms with van der Waals surface area (Å²) in [5, 5.41) is 9.50. The zero-order valence-corrected chi connectivity index (χ0v) is 11.4. The quantitative estimate of drug-likeness (QED) is 0.877. The molecule has 0 fully saturated rings. The largest absolute Gasteiger partial charge is 0.357 e. The van der Waals surface area contributed by atoms with E-state index in [4.69, 9.17) is 0 Å². The van der Waals surface area contributed by atoms with Crippen LogP contribution in [-0.2, 0) is 0 Å². The van der Waals surface area contributed by atoms with Crippen molar-refractivity contribution in [2.24, 2.45) is 0 Å². The standard InChI is InChI=1S/C10H11BrN6O/c1-12-9(18)7-3-4-17(16-7)8-6(11)5-14-10(13-2)15-8/h3-5H,1-2H3,(H,12,18)(H,13,14,15). The van der Waals surface area contributed by atoms with Crippen LogP contribution in [0.3, 0.4) is 0 Å². The summed E-state index contributed by atoms with van der Waals surface area (Å²) in [4.78, 5) is 19.7. The second-order valence-corrected chi connectivity index (χ2v) is 4.19. The number of hydrogen-bond donors (Lipinski definition) is 2. The predicted octanol–water partition coefficient (Wildman–Crippen LogP) is 0.826. The molecule has 0 bridgehead atoms. The smallest absolute Gasteiger partial charge is 0.271 e. The molecule has 0 saturated carbocycles. The summed E-state index contributed by atoms with van der Waals surface area (Å²) in [6, 6.07) is 1.62. The van der Waals surface area contributed by atoms with Crippen molar-refractivity contribution in [3.8, 4) is 5.82 Å². The SMILES string of the molecule is CNC(=O)c1ccn(-c2nc(NC)ncc2Br)n1. The van der Waals surface area contributed by atoms with Crippen LogP contribution in [0.2, 0.25) is 0 Å². The zero-order chi connectivity index (χ0) is 13.1. The van der Waals surface area contributed by atoms with Gasteiger partial charge in [-0.3, -0.25) is 4.79 Å². The maximum absolute atomic E-state index is 11.4. The topological polar surface area (TPSA) is 84.7 Å². The third-order valence-electron chi connectivity index (χ3n) is 2.21. The Balaban J connectivity index is 2.42. The van der Waals surface area contributed by atoms with Crippen molar-refractivity contribution < 1.29 is 4.79 Å². The molecule has 18 heavy (non-hydrogen) atoms. The lowest BCUT2D eigenvalue weighted by molar-refractivity contribution is 0.0957. The van der Waals surface area contributed by atoms with E-state index in [-0.39, 0.29) is 5.91 Å². The van der Waals surface area contributed by atoms with Crippen molar-refractivity contribution in [1.29, 1.82) is 0 Å². The van der Waals surface area contributed by atoms with Crippen LogP contribution in [0.15, 0.2) is 22.9 Å². The van der Waals surface area contributed by atoms with Crippen molar-refractivity contribution in [3.63, 3.8) is 0 Å². The molecule has 2 rings (SSSR count). The first-order valence-corrected chi connectivity index (χ1v) is 5.93. The van der Waals surface area contributed by atoms with Crippen LogP contribution < -0.4 is 10.6 Å². The highest BCUT2D eigenvalue weighted by Gasteiger charge is 2.11. The van der Waals surface area contributed by atoms with E-state index in [1.54, 1.807) is 32.6 Å². The number of anilines is 1. The first kappa shape index (κ1) is 12.5. The number of carbonyl (C=O) groups excluding carboxylic acids is 1. The van der Waals surface area contributed by atoms with Crippen LogP contribution in [-0.4, -0.2) is 39.8 Å². The molecule has 0 aliphatic carbocycles. The third-order valence-corrected chi connectivity index (χ3v) is 2.77. The molecule has 0 radical (unpaired) electrons. The van der Waals surface area contributed by atoms with Crippen molar-refractivity contribution >= 4 is 27.8 Å². The summed E-state index contributed by atoms with van der Waals surface area (Å²) in [6.07, 6.45) is 3.28. The van der Waals surface area contributed by atoms with Gasteiger partial charge in [-0.15, -0.1) is 0 Å². The molecule has 2 heterocycles. The first-order valence-electron chi connectivity index (χ1n) is 5.14. The fourth-order valence-electron chi connectivity index (χ4n) is 1.33. The van der Waals surface area contributed by atoms with E-state index in [0.717, 1.165) is 0 Å². The van der Waals surface area contributed by atoms with Crippen LogP contribution >= 0.6 is 15.9 Å². The highest BCUT2D eigenvalue weighted by Crippen LogP contribution is 2.18. The Bertz CT molecular complexity index is 581. The highest BCUT2D eigenvalue weighted by molar-refractivity contribution is 9.10. The number of carbonyl (C=O) groups is 1. The summed E-state index contributed by atoms with van der Waals surface area (Å²) >= 11 is 3.35. The maximum atomic E-state index is 11.4. The van der Waals surface area contributed by atoms with E-state index in [0.29, 0.717) is 21.9 Å². The number of nitrogens with one attached hydrogen (secondary N) is 2. The van der Waals surface area contributed by atoms with Gasteiger partial charge in [-0.2, -0.15) is 10.1 Å². The fraction of sp³-hybridized carbons (Fsp3) is 0.200. The summed E-state index contributed by atoms with van der Waals surface area (Å²) in [5.41, 5.74) is 0.328. The van der Waals surface area contributed by atoms with Crippen LogP contribution in [0.1, 0.15) is 10.5 Å². The molecule has 8 heteroatoms. The molecule has 0 unspecified atom stereocenters. The Labute approximate surface area is 112 Å². The van der Waals surface area contributed by atoms with Crippen LogP contribution in [0, 0.1) is 0 Å². The van der Waals surface area contributed by atoms with Crippen LogP contribution in [0.5, 0.6) is 0 Å². The summed E-state index contributed by atoms with van der Waals surface area (Å²) in [5.74, 6) is 0.794. The van der Waals surface area contributed by atoms with E-state index < -0.39 is 0 Å². The van der Waals surface area contributed by atoms with Gasteiger partial charge in [0.2, 0.25) is 5.95 Å². The van der Waals surface area contributed by atoms with Gasteiger partial charge in [0, 0.05) is 26.5 Å². The lowest BCUT2D eigenvalue weighted by atomic mass is 10.4. The number of rotatable bonds is 3. The van der Waals surface area contributed by atoms with Gasteiger partial charge in [-0.05, 0) is 22.0 Å². The molecular weight excluding hydrogens is 300 g/mol. The maximum Gasteiger partial charge on any atom is 0.271 e. The second-order valence-electron chi connectivity index (χ2n) is 3.34. The predicted molar refractivity (Wildman–Crippen MR) is 69.8 cm³/mol. The monoisotopic (exact) mass is 310 g/mol. The molecule has 2 N–H and O–H groups in total. The summed E-state index contributed by atoms with van der Waals surface area (Å²) < 4.78 is 2.20. The lowest BCUT2D eigenvalue weighted by Gasteiger charge is -2.05. The Morgan fingerprint density at radius 3 is 2.89 bits per heavy atom. The molecule has 0 atom stereocenters. The number of hydrogen-bond acceptors (Lipinski definition) is 5. The van der Waals surface area contributed by atoms with Crippen LogP contribution in [0.4, 0.5) is 5.95 Å². The molecule has 7 nitrogen and oxygen atoms in total. The summed E-state index contributed by atoms with van der Waals surface area (Å²) in [6.45, 7) is 0. The number of amides is 1. The van der Waals surface area contributed by atoms with Gasteiger partial charge in [0.05, 0.1) is 4.47 Å². The van der Waals surface area contributed by atoms with Gasteiger partial charge in [0.1, 0.15) is 0 Å². The van der Waals surface area contributed by atoms with E-state index in [1.165, 1.54) is 4.68 Å². The molecular formula is C10H11BrN6O. The molecule has 2 aromatic rings. The van der Waals surface area contributed by atoms with Crippen molar-refractivity contribution in [2.45, 2.75) is 0 Å². The average Bonchev–Trinajstić information content (AvgIpc) is 2.88. The minimum atomic E-state index is -0.243. The molecule has 0 aromatic carbocycles. The minimum Gasteiger partial charge on any atom is -0.357 e. The van der Waals surface area contributed by atoms with E-state index in [9.17, 15) is 4.79 Å². The lowest BCUT2D eigenvalue weighted by Crippen LogP contribution is -2.18. The van der Waals surface area contributed by atoms with Gasteiger partial charge < -0.3 is 10.6 Å². The van der Waals surface area contributed by atoms with Crippen molar-refractivity contribution in [3.05, 3.63) is 28.6 Å². The molecule has 0 spiro atoms. The number of nitrogens with zero attached hydrogens (tertiary/aromatic N) is 4. The molecule has 0 aliphatic rings. The highest BCUT2D eigenvalue weighted by atomic mass is 79.9. The zero-order valence-electron chi connectivity index (χ0n) is 9.81. The van der Waals surface area contributed by atoms with Gasteiger partial charge in [-0.1, -0.05) is 0 Å². The fourth-order valence-corrected chi connectivity index (χ4v) is 1.70. The van der Waals surface area contributed by atoms with E-state index in [2.05, 4.69) is 41.6 Å². The van der Waals surface area contributed by atoms with Crippen LogP contribution in [0.25, 0.3) is 5.82 Å². The first-order chi connectivity index (χ1) is 8.65. The van der Waals surface area contributed by atoms with Crippen molar-refractivity contribution in [1.82, 2.24) is 25.1 Å². The van der Waals surface area contributed by atoms with E-state index >= 15 is 0 Å². The number of aromatic nitrogens is 4. The normalized spacial score (nSPS) is 10.2. The van der Waals surface area contributed by atoms with Gasteiger partial charge in [0.25, 0.3) is 5.91 Å². The minimum absolute atomic E-state index is 0.243. The number of halogens is 1. The molecule has 1 amide bonds. The van der Waals surface area contributed by atoms with Crippen molar-refractivity contribution in [2.75, 3.05) is 19.4 Å². The second kappa shape index (κ2) is 5.13. The van der Waals surface area contributed by atoms with Gasteiger partial charge >= 0.3 is 0 Å². The van der Waals surface area contributed by atoms with E-state index in [1.807, 2.05) is 0 Å². The Morgan fingerprint density at radius 1 is 1.44 bits per heavy atom. The molecule has 0 aliphatic heterocycles. The van der Waals surface area contributed by atoms with Gasteiger partial charge in [0.15, 0.2) is 11.5 Å². The van der Waals surface area contributed by atoms with Gasteiger partial charge in [-0.25, -0.2) is 9.67 Å². The third kappa shape index (κ3) is 2.33.